The smallest absolute Gasteiger partial charge is 0.251 e. The molecular weight excluding hydrogens is 268 g/mol. The van der Waals surface area contributed by atoms with Gasteiger partial charge in [0, 0.05) is 36.6 Å². The molecule has 0 bridgehead atoms. The number of hydrogen-bond donors (Lipinski definition) is 3. The molecule has 1 amide bonds. The molecule has 2 aromatic rings. The molecule has 1 heterocycles. The molecule has 0 fully saturated rings. The molecule has 0 saturated carbocycles. The third-order valence-corrected chi connectivity index (χ3v) is 3.21. The summed E-state index contributed by atoms with van der Waals surface area (Å²) in [7, 11) is 1.62. The van der Waals surface area contributed by atoms with Crippen LogP contribution in [0.3, 0.4) is 0 Å². The van der Waals surface area contributed by atoms with Crippen molar-refractivity contribution >= 4 is 11.6 Å². The third kappa shape index (κ3) is 3.82. The van der Waals surface area contributed by atoms with Crippen molar-refractivity contribution in [2.45, 2.75) is 20.0 Å². The third-order valence-electron chi connectivity index (χ3n) is 3.21. The lowest BCUT2D eigenvalue weighted by molar-refractivity contribution is 0.0963. The maximum Gasteiger partial charge on any atom is 0.251 e. The van der Waals surface area contributed by atoms with Crippen LogP contribution in [0, 0.1) is 6.92 Å². The van der Waals surface area contributed by atoms with Gasteiger partial charge in [0.05, 0.1) is 19.3 Å². The molecule has 0 spiro atoms. The molecule has 6 heteroatoms. The van der Waals surface area contributed by atoms with E-state index in [2.05, 4.69) is 15.7 Å². The van der Waals surface area contributed by atoms with Crippen LogP contribution in [0.1, 0.15) is 21.5 Å². The lowest BCUT2D eigenvalue weighted by Gasteiger charge is -2.10. The van der Waals surface area contributed by atoms with Crippen LogP contribution in [0.5, 0.6) is 0 Å². The van der Waals surface area contributed by atoms with E-state index in [0.717, 1.165) is 16.8 Å². The number of anilines is 1. The molecular formula is C15H20N4O2. The summed E-state index contributed by atoms with van der Waals surface area (Å²) in [5.74, 6) is -0.0880. The summed E-state index contributed by atoms with van der Waals surface area (Å²) in [6.45, 7) is 3.18. The molecule has 6 nitrogen and oxygen atoms in total. The van der Waals surface area contributed by atoms with Gasteiger partial charge in [0.1, 0.15) is 0 Å². The first-order chi connectivity index (χ1) is 10.1. The average molecular weight is 288 g/mol. The molecule has 0 saturated heterocycles. The lowest BCUT2D eigenvalue weighted by atomic mass is 10.1. The number of carbonyl (C=O) groups is 1. The quantitative estimate of drug-likeness (QED) is 0.745. The first-order valence-corrected chi connectivity index (χ1v) is 6.83. The van der Waals surface area contributed by atoms with Crippen LogP contribution in [-0.4, -0.2) is 34.4 Å². The van der Waals surface area contributed by atoms with Gasteiger partial charge in [0.15, 0.2) is 0 Å². The summed E-state index contributed by atoms with van der Waals surface area (Å²) < 4.78 is 1.71. The Kier molecular flexibility index (Phi) is 4.94. The van der Waals surface area contributed by atoms with Gasteiger partial charge in [-0.3, -0.25) is 9.48 Å². The Morgan fingerprint density at radius 2 is 2.24 bits per heavy atom. The van der Waals surface area contributed by atoms with Crippen molar-refractivity contribution in [3.05, 3.63) is 47.3 Å². The molecule has 0 unspecified atom stereocenters. The van der Waals surface area contributed by atoms with Crippen LogP contribution in [0.15, 0.2) is 30.6 Å². The van der Waals surface area contributed by atoms with E-state index in [9.17, 15) is 4.79 Å². The van der Waals surface area contributed by atoms with E-state index in [1.807, 2.05) is 25.3 Å². The zero-order valence-electron chi connectivity index (χ0n) is 12.3. The second-order valence-corrected chi connectivity index (χ2v) is 4.80. The lowest BCUT2D eigenvalue weighted by Crippen LogP contribution is -2.17. The van der Waals surface area contributed by atoms with Crippen molar-refractivity contribution in [3.8, 4) is 0 Å². The minimum absolute atomic E-state index is 0.0780. The fourth-order valence-corrected chi connectivity index (χ4v) is 2.07. The number of amides is 1. The Labute approximate surface area is 123 Å². The van der Waals surface area contributed by atoms with E-state index in [1.165, 1.54) is 0 Å². The number of carbonyl (C=O) groups excluding carboxylic acids is 1. The summed E-state index contributed by atoms with van der Waals surface area (Å²) in [5, 5.41) is 18.9. The van der Waals surface area contributed by atoms with Crippen molar-refractivity contribution in [3.63, 3.8) is 0 Å². The number of aliphatic hydroxyl groups excluding tert-OH is 1. The molecule has 0 aliphatic rings. The fourth-order valence-electron chi connectivity index (χ4n) is 2.07. The van der Waals surface area contributed by atoms with E-state index in [-0.39, 0.29) is 12.5 Å². The Balaban J connectivity index is 2.00. The minimum atomic E-state index is -0.0880. The number of benzene rings is 1. The topological polar surface area (TPSA) is 79.2 Å². The monoisotopic (exact) mass is 288 g/mol. The molecule has 21 heavy (non-hydrogen) atoms. The molecule has 0 radical (unpaired) electrons. The van der Waals surface area contributed by atoms with Gasteiger partial charge in [-0.25, -0.2) is 0 Å². The fraction of sp³-hybridized carbons (Fsp3) is 0.333. The van der Waals surface area contributed by atoms with Gasteiger partial charge in [0.2, 0.25) is 0 Å². The van der Waals surface area contributed by atoms with Gasteiger partial charge in [-0.1, -0.05) is 0 Å². The molecule has 3 N–H and O–H groups in total. The van der Waals surface area contributed by atoms with E-state index in [0.29, 0.717) is 18.7 Å². The van der Waals surface area contributed by atoms with Crippen LogP contribution >= 0.6 is 0 Å². The molecule has 1 aromatic heterocycles. The Hall–Kier alpha value is -2.34. The van der Waals surface area contributed by atoms with Crippen LogP contribution in [0.4, 0.5) is 5.69 Å². The van der Waals surface area contributed by atoms with Crippen molar-refractivity contribution in [2.75, 3.05) is 19.0 Å². The van der Waals surface area contributed by atoms with Crippen LogP contribution in [0.2, 0.25) is 0 Å². The first-order valence-electron chi connectivity index (χ1n) is 6.83. The maximum absolute atomic E-state index is 11.6. The highest BCUT2D eigenvalue weighted by Gasteiger charge is 2.06. The van der Waals surface area contributed by atoms with Crippen molar-refractivity contribution < 1.29 is 9.90 Å². The second kappa shape index (κ2) is 6.90. The second-order valence-electron chi connectivity index (χ2n) is 4.80. The summed E-state index contributed by atoms with van der Waals surface area (Å²) in [6, 6.07) is 5.55. The summed E-state index contributed by atoms with van der Waals surface area (Å²) in [6.07, 6.45) is 3.67. The Morgan fingerprint density at radius 1 is 1.43 bits per heavy atom. The van der Waals surface area contributed by atoms with Crippen molar-refractivity contribution in [1.82, 2.24) is 15.1 Å². The molecule has 0 aliphatic carbocycles. The largest absolute Gasteiger partial charge is 0.394 e. The SMILES string of the molecule is CNC(=O)c1ccc(NCc2cnn(CCO)c2)c(C)c1. The summed E-state index contributed by atoms with van der Waals surface area (Å²) >= 11 is 0. The van der Waals surface area contributed by atoms with Crippen LogP contribution in [-0.2, 0) is 13.1 Å². The van der Waals surface area contributed by atoms with Crippen LogP contribution in [0.25, 0.3) is 0 Å². The van der Waals surface area contributed by atoms with Gasteiger partial charge < -0.3 is 15.7 Å². The standard InChI is InChI=1S/C15H20N4O2/c1-11-7-13(15(21)16-2)3-4-14(11)17-8-12-9-18-19(10-12)5-6-20/h3-4,7,9-10,17,20H,5-6,8H2,1-2H3,(H,16,21). The average Bonchev–Trinajstić information content (AvgIpc) is 2.93. The van der Waals surface area contributed by atoms with Gasteiger partial charge in [-0.2, -0.15) is 5.10 Å². The van der Waals surface area contributed by atoms with Crippen molar-refractivity contribution in [1.29, 1.82) is 0 Å². The number of nitrogens with one attached hydrogen (secondary N) is 2. The van der Waals surface area contributed by atoms with E-state index < -0.39 is 0 Å². The van der Waals surface area contributed by atoms with Gasteiger partial charge >= 0.3 is 0 Å². The number of aryl methyl sites for hydroxylation is 1. The summed E-state index contributed by atoms with van der Waals surface area (Å²) in [5.41, 5.74) is 3.69. The zero-order chi connectivity index (χ0) is 15.2. The minimum Gasteiger partial charge on any atom is -0.394 e. The van der Waals surface area contributed by atoms with Gasteiger partial charge in [-0.15, -0.1) is 0 Å². The molecule has 0 atom stereocenters. The molecule has 0 aliphatic heterocycles. The van der Waals surface area contributed by atoms with E-state index in [4.69, 9.17) is 5.11 Å². The number of aromatic nitrogens is 2. The first kappa shape index (κ1) is 15.1. The Bertz CT molecular complexity index is 622. The predicted molar refractivity (Wildman–Crippen MR) is 81.2 cm³/mol. The maximum atomic E-state index is 11.6. The Morgan fingerprint density at radius 3 is 2.90 bits per heavy atom. The number of rotatable bonds is 6. The van der Waals surface area contributed by atoms with E-state index in [1.54, 1.807) is 24.0 Å². The predicted octanol–water partition coefficient (Wildman–Crippen LogP) is 1.16. The summed E-state index contributed by atoms with van der Waals surface area (Å²) in [4.78, 5) is 11.6. The molecule has 1 aromatic carbocycles. The van der Waals surface area contributed by atoms with Crippen molar-refractivity contribution in [2.24, 2.45) is 0 Å². The zero-order valence-corrected chi connectivity index (χ0v) is 12.3. The highest BCUT2D eigenvalue weighted by molar-refractivity contribution is 5.94. The number of nitrogens with zero attached hydrogens (tertiary/aromatic N) is 2. The van der Waals surface area contributed by atoms with Gasteiger partial charge in [0.25, 0.3) is 5.91 Å². The van der Waals surface area contributed by atoms with Crippen LogP contribution < -0.4 is 10.6 Å². The normalized spacial score (nSPS) is 10.4. The highest BCUT2D eigenvalue weighted by Crippen LogP contribution is 2.17. The number of aliphatic hydroxyl groups is 1. The highest BCUT2D eigenvalue weighted by atomic mass is 16.3. The van der Waals surface area contributed by atoms with E-state index >= 15 is 0 Å². The molecule has 2 rings (SSSR count). The molecule has 112 valence electrons. The van der Waals surface area contributed by atoms with Gasteiger partial charge in [-0.05, 0) is 30.7 Å². The number of hydrogen-bond acceptors (Lipinski definition) is 4.